The van der Waals surface area contributed by atoms with Crippen LogP contribution in [0.2, 0.25) is 0 Å². The molecule has 0 aliphatic carbocycles. The van der Waals surface area contributed by atoms with Crippen LogP contribution in [-0.4, -0.2) is 44.2 Å². The summed E-state index contributed by atoms with van der Waals surface area (Å²) in [6, 6.07) is 6.83. The second kappa shape index (κ2) is 7.08. The third-order valence-electron chi connectivity index (χ3n) is 3.27. The molecule has 0 aromatic heterocycles. The van der Waals surface area contributed by atoms with Gasteiger partial charge in [0.2, 0.25) is 0 Å². The van der Waals surface area contributed by atoms with Gasteiger partial charge in [-0.3, -0.25) is 5.32 Å². The maximum atomic E-state index is 12.0. The van der Waals surface area contributed by atoms with E-state index in [9.17, 15) is 18.0 Å². The number of ether oxygens (including phenoxy) is 2. The lowest BCUT2D eigenvalue weighted by Crippen LogP contribution is -2.45. The average molecular weight is 332 g/mol. The first-order valence-electron chi connectivity index (χ1n) is 7.24. The number of hydrogen-bond donors (Lipinski definition) is 1. The molecular weight excluding hydrogens is 313 g/mol. The number of benzene rings is 1. The number of carbonyl (C=O) groups excluding carboxylic acids is 1. The lowest BCUT2D eigenvalue weighted by Gasteiger charge is -2.36. The quantitative estimate of drug-likeness (QED) is 0.922. The first-order valence-corrected chi connectivity index (χ1v) is 7.24. The molecule has 1 fully saturated rings. The number of anilines is 2. The van der Waals surface area contributed by atoms with Gasteiger partial charge in [0.25, 0.3) is 0 Å². The summed E-state index contributed by atoms with van der Waals surface area (Å²) in [4.78, 5) is 13.4. The Kier molecular flexibility index (Phi) is 5.35. The third-order valence-corrected chi connectivity index (χ3v) is 3.27. The number of alkyl halides is 3. The van der Waals surface area contributed by atoms with Crippen molar-refractivity contribution in [2.75, 3.05) is 29.9 Å². The first kappa shape index (κ1) is 17.4. The minimum atomic E-state index is -4.54. The van der Waals surface area contributed by atoms with Crippen molar-refractivity contribution in [3.63, 3.8) is 0 Å². The highest BCUT2D eigenvalue weighted by Crippen LogP contribution is 2.22. The van der Waals surface area contributed by atoms with Crippen LogP contribution in [0.15, 0.2) is 24.3 Å². The van der Waals surface area contributed by atoms with Gasteiger partial charge in [-0.15, -0.1) is 0 Å². The molecule has 0 bridgehead atoms. The molecule has 2 atom stereocenters. The first-order chi connectivity index (χ1) is 10.7. The molecular formula is C15H19F3N2O3. The van der Waals surface area contributed by atoms with Gasteiger partial charge < -0.3 is 14.4 Å². The smallest absolute Gasteiger partial charge is 0.422 e. The van der Waals surface area contributed by atoms with Gasteiger partial charge >= 0.3 is 12.3 Å². The summed E-state index contributed by atoms with van der Waals surface area (Å²) in [6.45, 7) is 3.89. The number of halogens is 3. The van der Waals surface area contributed by atoms with Crippen LogP contribution in [0.5, 0.6) is 0 Å². The van der Waals surface area contributed by atoms with E-state index < -0.39 is 18.9 Å². The van der Waals surface area contributed by atoms with Crippen LogP contribution in [0.4, 0.5) is 29.3 Å². The molecule has 2 rings (SSSR count). The molecule has 1 aliphatic rings. The number of amides is 1. The second-order valence-corrected chi connectivity index (χ2v) is 5.53. The third kappa shape index (κ3) is 5.63. The Morgan fingerprint density at radius 1 is 1.26 bits per heavy atom. The molecule has 128 valence electrons. The summed E-state index contributed by atoms with van der Waals surface area (Å²) in [5.41, 5.74) is 1.33. The maximum Gasteiger partial charge on any atom is 0.422 e. The Balaban J connectivity index is 1.90. The van der Waals surface area contributed by atoms with Crippen LogP contribution in [0.25, 0.3) is 0 Å². The van der Waals surface area contributed by atoms with Crippen molar-refractivity contribution in [2.45, 2.75) is 32.2 Å². The zero-order valence-electron chi connectivity index (χ0n) is 12.9. The molecule has 1 aliphatic heterocycles. The highest BCUT2D eigenvalue weighted by atomic mass is 19.4. The summed E-state index contributed by atoms with van der Waals surface area (Å²) >= 11 is 0. The Hall–Kier alpha value is -1.96. The van der Waals surface area contributed by atoms with Crippen molar-refractivity contribution in [2.24, 2.45) is 0 Å². The highest BCUT2D eigenvalue weighted by molar-refractivity contribution is 5.84. The van der Waals surface area contributed by atoms with Crippen molar-refractivity contribution in [3.8, 4) is 0 Å². The summed E-state index contributed by atoms with van der Waals surface area (Å²) in [5.74, 6) is 0. The summed E-state index contributed by atoms with van der Waals surface area (Å²) in [7, 11) is 0. The molecule has 0 spiro atoms. The lowest BCUT2D eigenvalue weighted by molar-refractivity contribution is -0.159. The van der Waals surface area contributed by atoms with Gasteiger partial charge in [0.15, 0.2) is 6.61 Å². The van der Waals surface area contributed by atoms with E-state index in [1.54, 1.807) is 24.3 Å². The van der Waals surface area contributed by atoms with E-state index in [2.05, 4.69) is 15.0 Å². The van der Waals surface area contributed by atoms with E-state index in [0.29, 0.717) is 5.69 Å². The summed E-state index contributed by atoms with van der Waals surface area (Å²) in [6.07, 6.45) is -5.43. The van der Waals surface area contributed by atoms with Gasteiger partial charge in [0.05, 0.1) is 12.2 Å². The normalized spacial score (nSPS) is 21.9. The molecule has 0 saturated carbocycles. The Morgan fingerprint density at radius 3 is 2.35 bits per heavy atom. The van der Waals surface area contributed by atoms with E-state index >= 15 is 0 Å². The molecule has 1 amide bonds. The zero-order chi connectivity index (χ0) is 17.0. The summed E-state index contributed by atoms with van der Waals surface area (Å²) in [5, 5.41) is 2.26. The number of rotatable bonds is 3. The van der Waals surface area contributed by atoms with Crippen LogP contribution in [0.1, 0.15) is 13.8 Å². The molecule has 1 heterocycles. The van der Waals surface area contributed by atoms with Crippen molar-refractivity contribution < 1.29 is 27.4 Å². The number of nitrogens with zero attached hydrogens (tertiary/aromatic N) is 1. The number of hydrogen-bond acceptors (Lipinski definition) is 4. The average Bonchev–Trinajstić information content (AvgIpc) is 2.44. The minimum Gasteiger partial charge on any atom is -0.440 e. The fourth-order valence-electron chi connectivity index (χ4n) is 2.45. The van der Waals surface area contributed by atoms with E-state index in [4.69, 9.17) is 4.74 Å². The van der Waals surface area contributed by atoms with Crippen LogP contribution >= 0.6 is 0 Å². The van der Waals surface area contributed by atoms with Gasteiger partial charge in [-0.2, -0.15) is 13.2 Å². The standard InChI is InChI=1S/C15H19F3N2O3/c1-10-7-20(8-11(2)23-10)13-5-3-12(4-6-13)19-14(21)22-9-15(16,17)18/h3-6,10-11H,7-9H2,1-2H3,(H,19,21)/t10-,11-/m0/s1. The zero-order valence-corrected chi connectivity index (χ0v) is 12.9. The fourth-order valence-corrected chi connectivity index (χ4v) is 2.45. The van der Waals surface area contributed by atoms with Crippen LogP contribution in [0, 0.1) is 0 Å². The van der Waals surface area contributed by atoms with Crippen molar-refractivity contribution >= 4 is 17.5 Å². The molecule has 8 heteroatoms. The van der Waals surface area contributed by atoms with Gasteiger partial charge in [0, 0.05) is 24.5 Å². The number of nitrogens with one attached hydrogen (secondary N) is 1. The Bertz CT molecular complexity index is 524. The Morgan fingerprint density at radius 2 is 1.83 bits per heavy atom. The number of morpholine rings is 1. The van der Waals surface area contributed by atoms with E-state index in [0.717, 1.165) is 18.8 Å². The predicted octanol–water partition coefficient (Wildman–Crippen LogP) is 3.41. The van der Waals surface area contributed by atoms with E-state index in [1.165, 1.54) is 0 Å². The van der Waals surface area contributed by atoms with Gasteiger partial charge in [0.1, 0.15) is 0 Å². The largest absolute Gasteiger partial charge is 0.440 e. The molecule has 1 saturated heterocycles. The highest BCUT2D eigenvalue weighted by Gasteiger charge is 2.29. The molecule has 0 unspecified atom stereocenters. The van der Waals surface area contributed by atoms with Gasteiger partial charge in [-0.1, -0.05) is 0 Å². The lowest BCUT2D eigenvalue weighted by atomic mass is 10.2. The molecule has 0 radical (unpaired) electrons. The van der Waals surface area contributed by atoms with Crippen LogP contribution in [-0.2, 0) is 9.47 Å². The van der Waals surface area contributed by atoms with Crippen molar-refractivity contribution in [1.29, 1.82) is 0 Å². The maximum absolute atomic E-state index is 12.0. The van der Waals surface area contributed by atoms with Crippen LogP contribution < -0.4 is 10.2 Å². The topological polar surface area (TPSA) is 50.8 Å². The Labute approximate surface area is 132 Å². The van der Waals surface area contributed by atoms with Gasteiger partial charge in [-0.25, -0.2) is 4.79 Å². The van der Waals surface area contributed by atoms with Crippen molar-refractivity contribution in [3.05, 3.63) is 24.3 Å². The van der Waals surface area contributed by atoms with Crippen molar-refractivity contribution in [1.82, 2.24) is 0 Å². The molecule has 1 N–H and O–H groups in total. The van der Waals surface area contributed by atoms with E-state index in [-0.39, 0.29) is 12.2 Å². The molecule has 1 aromatic rings. The van der Waals surface area contributed by atoms with E-state index in [1.807, 2.05) is 13.8 Å². The molecule has 23 heavy (non-hydrogen) atoms. The second-order valence-electron chi connectivity index (χ2n) is 5.53. The van der Waals surface area contributed by atoms with Crippen LogP contribution in [0.3, 0.4) is 0 Å². The molecule has 5 nitrogen and oxygen atoms in total. The monoisotopic (exact) mass is 332 g/mol. The minimum absolute atomic E-state index is 0.119. The summed E-state index contributed by atoms with van der Waals surface area (Å²) < 4.78 is 45.6. The molecule has 1 aromatic carbocycles. The fraction of sp³-hybridized carbons (Fsp3) is 0.533. The number of carbonyl (C=O) groups is 1. The SMILES string of the molecule is C[C@H]1CN(c2ccc(NC(=O)OCC(F)(F)F)cc2)C[C@H](C)O1. The van der Waals surface area contributed by atoms with Gasteiger partial charge in [-0.05, 0) is 38.1 Å². The predicted molar refractivity (Wildman–Crippen MR) is 79.7 cm³/mol.